The first-order valence-corrected chi connectivity index (χ1v) is 10.7. The zero-order chi connectivity index (χ0) is 19.1. The number of aromatic nitrogens is 1. The molecule has 1 fully saturated rings. The van der Waals surface area contributed by atoms with Gasteiger partial charge in [0.25, 0.3) is 0 Å². The van der Waals surface area contributed by atoms with Gasteiger partial charge in [-0.2, -0.15) is 0 Å². The molecule has 0 bridgehead atoms. The molecule has 1 amide bonds. The summed E-state index contributed by atoms with van der Waals surface area (Å²) in [5.74, 6) is 0.161. The van der Waals surface area contributed by atoms with Crippen LogP contribution in [0, 0.1) is 0 Å². The Balaban J connectivity index is 0.00000280. The van der Waals surface area contributed by atoms with Crippen LogP contribution in [-0.2, 0) is 22.4 Å². The maximum Gasteiger partial charge on any atom is 0.228 e. The van der Waals surface area contributed by atoms with Crippen LogP contribution in [0.4, 0.5) is 0 Å². The molecule has 2 N–H and O–H groups in total. The summed E-state index contributed by atoms with van der Waals surface area (Å²) in [4.78, 5) is 19.2. The topological polar surface area (TPSA) is 68.5 Å². The fourth-order valence-electron chi connectivity index (χ4n) is 3.28. The number of likely N-dealkylation sites (tertiary alicyclic amines) is 1. The number of rotatable bonds is 8. The van der Waals surface area contributed by atoms with Gasteiger partial charge in [-0.25, -0.2) is 4.98 Å². The fourth-order valence-corrected chi connectivity index (χ4v) is 4.10. The summed E-state index contributed by atoms with van der Waals surface area (Å²) >= 11 is 1.60. The van der Waals surface area contributed by atoms with Crippen molar-refractivity contribution in [1.29, 1.82) is 0 Å². The number of thiazole rings is 1. The summed E-state index contributed by atoms with van der Waals surface area (Å²) in [5.41, 5.74) is 8.79. The number of nitrogens with two attached hydrogens (primary N) is 1. The van der Waals surface area contributed by atoms with E-state index in [1.165, 1.54) is 5.56 Å². The van der Waals surface area contributed by atoms with E-state index in [1.807, 2.05) is 10.3 Å². The summed E-state index contributed by atoms with van der Waals surface area (Å²) < 4.78 is 5.81. The standard InChI is InChI=1S/C21H29N3O2S.ClH/c1-2-16-4-6-17(7-5-16)21-23-18(15-27-21)14-20(25)24-11-8-19(9-12-24)26-13-3-10-22;/h4-7,15,19H,2-3,8-14,22H2,1H3;1H. The minimum atomic E-state index is 0. The molecule has 0 saturated carbocycles. The van der Waals surface area contributed by atoms with Crippen molar-refractivity contribution in [3.05, 3.63) is 40.9 Å². The maximum atomic E-state index is 12.6. The summed E-state index contributed by atoms with van der Waals surface area (Å²) in [7, 11) is 0. The van der Waals surface area contributed by atoms with Crippen molar-refractivity contribution in [2.24, 2.45) is 5.73 Å². The number of carbonyl (C=O) groups is 1. The van der Waals surface area contributed by atoms with Gasteiger partial charge in [-0.3, -0.25) is 4.79 Å². The van der Waals surface area contributed by atoms with Gasteiger partial charge in [-0.15, -0.1) is 23.7 Å². The van der Waals surface area contributed by atoms with Crippen molar-refractivity contribution >= 4 is 29.7 Å². The Morgan fingerprint density at radius 1 is 1.29 bits per heavy atom. The van der Waals surface area contributed by atoms with Crippen LogP contribution in [0.15, 0.2) is 29.6 Å². The van der Waals surface area contributed by atoms with E-state index in [1.54, 1.807) is 11.3 Å². The molecule has 1 aromatic carbocycles. The third-order valence-electron chi connectivity index (χ3n) is 4.99. The molecule has 2 heterocycles. The van der Waals surface area contributed by atoms with Crippen LogP contribution in [0.3, 0.4) is 0 Å². The van der Waals surface area contributed by atoms with Gasteiger partial charge in [-0.1, -0.05) is 31.2 Å². The molecule has 5 nitrogen and oxygen atoms in total. The van der Waals surface area contributed by atoms with E-state index in [9.17, 15) is 4.79 Å². The molecule has 28 heavy (non-hydrogen) atoms. The van der Waals surface area contributed by atoms with E-state index in [0.717, 1.165) is 61.6 Å². The summed E-state index contributed by atoms with van der Waals surface area (Å²) in [6.07, 6.45) is 4.38. The average molecular weight is 424 g/mol. The van der Waals surface area contributed by atoms with Gasteiger partial charge < -0.3 is 15.4 Å². The minimum absolute atomic E-state index is 0. The summed E-state index contributed by atoms with van der Waals surface area (Å²) in [5, 5.41) is 2.98. The number of carbonyl (C=O) groups excluding carboxylic acids is 1. The second-order valence-corrected chi connectivity index (χ2v) is 7.82. The lowest BCUT2D eigenvalue weighted by atomic mass is 10.1. The molecule has 0 spiro atoms. The van der Waals surface area contributed by atoms with Crippen LogP contribution < -0.4 is 5.73 Å². The Morgan fingerprint density at radius 3 is 2.64 bits per heavy atom. The number of hydrogen-bond donors (Lipinski definition) is 1. The number of amides is 1. The van der Waals surface area contributed by atoms with Gasteiger partial charge in [-0.05, 0) is 37.8 Å². The van der Waals surface area contributed by atoms with Crippen LogP contribution in [0.1, 0.15) is 37.4 Å². The number of piperidine rings is 1. The predicted octanol–water partition coefficient (Wildman–Crippen LogP) is 3.69. The first-order chi connectivity index (χ1) is 13.2. The molecule has 1 aliphatic rings. The molecule has 0 unspecified atom stereocenters. The molecule has 3 rings (SSSR count). The molecule has 1 aliphatic heterocycles. The van der Waals surface area contributed by atoms with Crippen molar-refractivity contribution in [2.75, 3.05) is 26.2 Å². The Labute approximate surface area is 177 Å². The van der Waals surface area contributed by atoms with Gasteiger partial charge in [0.1, 0.15) is 5.01 Å². The molecule has 154 valence electrons. The molecule has 7 heteroatoms. The Bertz CT molecular complexity index is 728. The first-order valence-electron chi connectivity index (χ1n) is 9.82. The van der Waals surface area contributed by atoms with Gasteiger partial charge in [0.15, 0.2) is 0 Å². The number of benzene rings is 1. The number of nitrogens with zero attached hydrogens (tertiary/aromatic N) is 2. The van der Waals surface area contributed by atoms with Crippen LogP contribution >= 0.6 is 23.7 Å². The quantitative estimate of drug-likeness (QED) is 0.657. The molecule has 1 saturated heterocycles. The molecule has 1 aromatic heterocycles. The lowest BCUT2D eigenvalue weighted by Gasteiger charge is -2.32. The van der Waals surface area contributed by atoms with Crippen LogP contribution in [-0.4, -0.2) is 48.1 Å². The van der Waals surface area contributed by atoms with Crippen molar-refractivity contribution in [1.82, 2.24) is 9.88 Å². The molecule has 0 radical (unpaired) electrons. The average Bonchev–Trinajstić information content (AvgIpc) is 3.17. The largest absolute Gasteiger partial charge is 0.378 e. The smallest absolute Gasteiger partial charge is 0.228 e. The zero-order valence-corrected chi connectivity index (χ0v) is 18.1. The molecule has 0 atom stereocenters. The van der Waals surface area contributed by atoms with Gasteiger partial charge in [0, 0.05) is 30.6 Å². The predicted molar refractivity (Wildman–Crippen MR) is 117 cm³/mol. The summed E-state index contributed by atoms with van der Waals surface area (Å²) in [6.45, 7) is 5.06. The highest BCUT2D eigenvalue weighted by Gasteiger charge is 2.23. The van der Waals surface area contributed by atoms with Gasteiger partial charge >= 0.3 is 0 Å². The fraction of sp³-hybridized carbons (Fsp3) is 0.524. The summed E-state index contributed by atoms with van der Waals surface area (Å²) in [6, 6.07) is 8.50. The molecule has 0 aliphatic carbocycles. The molecular formula is C21H30ClN3O2S. The number of halogens is 1. The van der Waals surface area contributed by atoms with Crippen LogP contribution in [0.25, 0.3) is 10.6 Å². The van der Waals surface area contributed by atoms with Gasteiger partial charge in [0.05, 0.1) is 18.2 Å². The maximum absolute atomic E-state index is 12.6. The number of hydrogen-bond acceptors (Lipinski definition) is 5. The Morgan fingerprint density at radius 2 is 2.00 bits per heavy atom. The lowest BCUT2D eigenvalue weighted by molar-refractivity contribution is -0.133. The third-order valence-corrected chi connectivity index (χ3v) is 5.93. The zero-order valence-electron chi connectivity index (χ0n) is 16.4. The first kappa shape index (κ1) is 22.8. The Kier molecular flexibility index (Phi) is 9.38. The molecular weight excluding hydrogens is 394 g/mol. The second-order valence-electron chi connectivity index (χ2n) is 6.96. The van der Waals surface area contributed by atoms with E-state index in [2.05, 4.69) is 36.2 Å². The highest BCUT2D eigenvalue weighted by Crippen LogP contribution is 2.25. The highest BCUT2D eigenvalue weighted by molar-refractivity contribution is 7.13. The van der Waals surface area contributed by atoms with Crippen LogP contribution in [0.2, 0.25) is 0 Å². The second kappa shape index (κ2) is 11.5. The van der Waals surface area contributed by atoms with Crippen LogP contribution in [0.5, 0.6) is 0 Å². The molecule has 2 aromatic rings. The third kappa shape index (κ3) is 6.27. The normalized spacial score (nSPS) is 14.7. The Hall–Kier alpha value is -1.47. The van der Waals surface area contributed by atoms with E-state index in [4.69, 9.17) is 10.5 Å². The van der Waals surface area contributed by atoms with Crippen molar-refractivity contribution in [2.45, 2.75) is 45.1 Å². The van der Waals surface area contributed by atoms with E-state index in [0.29, 0.717) is 13.0 Å². The SMILES string of the molecule is CCc1ccc(-c2nc(CC(=O)N3CCC(OCCCN)CC3)cs2)cc1.Cl. The monoisotopic (exact) mass is 423 g/mol. The van der Waals surface area contributed by atoms with Crippen molar-refractivity contribution in [3.63, 3.8) is 0 Å². The van der Waals surface area contributed by atoms with E-state index < -0.39 is 0 Å². The van der Waals surface area contributed by atoms with Gasteiger partial charge in [0.2, 0.25) is 5.91 Å². The lowest BCUT2D eigenvalue weighted by Crippen LogP contribution is -2.41. The minimum Gasteiger partial charge on any atom is -0.378 e. The van der Waals surface area contributed by atoms with E-state index >= 15 is 0 Å². The van der Waals surface area contributed by atoms with Crippen molar-refractivity contribution < 1.29 is 9.53 Å². The van der Waals surface area contributed by atoms with Crippen molar-refractivity contribution in [3.8, 4) is 10.6 Å². The number of aryl methyl sites for hydroxylation is 1. The highest BCUT2D eigenvalue weighted by atomic mass is 35.5. The number of ether oxygens (including phenoxy) is 1. The van der Waals surface area contributed by atoms with E-state index in [-0.39, 0.29) is 24.4 Å².